The minimum Gasteiger partial charge on any atom is -0.446 e. The highest BCUT2D eigenvalue weighted by atomic mass is 16.8. The van der Waals surface area contributed by atoms with Crippen molar-refractivity contribution in [3.8, 4) is 11.5 Å². The molecule has 8 heteroatoms. The summed E-state index contributed by atoms with van der Waals surface area (Å²) < 4.78 is 18.2. The van der Waals surface area contributed by atoms with Crippen LogP contribution >= 0.6 is 0 Å². The second kappa shape index (κ2) is 4.96. The molecule has 0 aromatic heterocycles. The Morgan fingerprint density at radius 3 is 2.04 bits per heavy atom. The molecule has 5 N–H and O–H groups in total. The Kier molecular flexibility index (Phi) is 3.01. The van der Waals surface area contributed by atoms with Crippen LogP contribution in [0.2, 0.25) is 0 Å². The molecule has 0 radical (unpaired) electrons. The fourth-order valence-corrected chi connectivity index (χ4v) is 5.61. The third-order valence-corrected chi connectivity index (χ3v) is 6.89. The number of aliphatic hydroxyl groups excluding tert-OH is 5. The number of hydrogen-bond acceptors (Lipinski definition) is 8. The van der Waals surface area contributed by atoms with Crippen LogP contribution < -0.4 is 9.47 Å². The van der Waals surface area contributed by atoms with E-state index in [1.807, 2.05) is 12.1 Å². The largest absolute Gasteiger partial charge is 0.446 e. The molecule has 28 heavy (non-hydrogen) atoms. The van der Waals surface area contributed by atoms with Crippen LogP contribution in [0.5, 0.6) is 11.5 Å². The highest BCUT2D eigenvalue weighted by Crippen LogP contribution is 2.70. The van der Waals surface area contributed by atoms with Crippen molar-refractivity contribution < 1.29 is 39.7 Å². The van der Waals surface area contributed by atoms with Gasteiger partial charge in [0.1, 0.15) is 23.7 Å². The third-order valence-electron chi connectivity index (χ3n) is 6.89. The van der Waals surface area contributed by atoms with E-state index in [0.717, 1.165) is 5.39 Å². The molecule has 2 aromatic rings. The first-order valence-electron chi connectivity index (χ1n) is 9.39. The molecule has 6 rings (SSSR count). The zero-order chi connectivity index (χ0) is 19.5. The van der Waals surface area contributed by atoms with E-state index < -0.39 is 47.5 Å². The van der Waals surface area contributed by atoms with Crippen LogP contribution in [0.4, 0.5) is 0 Å². The lowest BCUT2D eigenvalue weighted by molar-refractivity contribution is -0.296. The fraction of sp³-hybridized carbons (Fsp3) is 0.500. The fourth-order valence-electron chi connectivity index (χ4n) is 5.61. The zero-order valence-corrected chi connectivity index (χ0v) is 14.7. The maximum atomic E-state index is 11.0. The molecular weight excluding hydrogens is 368 g/mol. The van der Waals surface area contributed by atoms with Gasteiger partial charge < -0.3 is 39.7 Å². The van der Waals surface area contributed by atoms with Crippen molar-refractivity contribution in [3.05, 3.63) is 36.4 Å². The Bertz CT molecular complexity index is 953. The molecule has 2 saturated carbocycles. The Hall–Kier alpha value is -1.94. The van der Waals surface area contributed by atoms with Gasteiger partial charge in [-0.25, -0.2) is 0 Å². The number of hydrogen-bond donors (Lipinski definition) is 5. The van der Waals surface area contributed by atoms with Crippen LogP contribution in [-0.2, 0) is 4.74 Å². The van der Waals surface area contributed by atoms with E-state index in [2.05, 4.69) is 0 Å². The molecule has 2 aliphatic heterocycles. The van der Waals surface area contributed by atoms with Crippen LogP contribution in [0.3, 0.4) is 0 Å². The van der Waals surface area contributed by atoms with Crippen molar-refractivity contribution >= 4 is 10.8 Å². The quantitative estimate of drug-likeness (QED) is 0.379. The second-order valence-corrected chi connectivity index (χ2v) is 8.10. The Morgan fingerprint density at radius 1 is 0.786 bits per heavy atom. The maximum absolute atomic E-state index is 11.0. The van der Waals surface area contributed by atoms with Crippen molar-refractivity contribution in [3.63, 3.8) is 0 Å². The van der Waals surface area contributed by atoms with Gasteiger partial charge in [-0.1, -0.05) is 24.3 Å². The number of aliphatic hydroxyl groups is 5. The van der Waals surface area contributed by atoms with Gasteiger partial charge in [0.05, 0.1) is 17.6 Å². The lowest BCUT2D eigenvalue weighted by atomic mass is 9.61. The minimum atomic E-state index is -2.03. The molecule has 7 atom stereocenters. The highest BCUT2D eigenvalue weighted by Gasteiger charge is 2.95. The van der Waals surface area contributed by atoms with Gasteiger partial charge >= 0.3 is 5.79 Å². The lowest BCUT2D eigenvalue weighted by Gasteiger charge is -2.53. The van der Waals surface area contributed by atoms with Crippen LogP contribution in [0, 0.1) is 0 Å². The summed E-state index contributed by atoms with van der Waals surface area (Å²) in [6.07, 6.45) is -7.06. The molecule has 0 bridgehead atoms. The van der Waals surface area contributed by atoms with E-state index >= 15 is 0 Å². The van der Waals surface area contributed by atoms with E-state index in [1.165, 1.54) is 0 Å². The summed E-state index contributed by atoms with van der Waals surface area (Å²) in [4.78, 5) is 0. The summed E-state index contributed by atoms with van der Waals surface area (Å²) in [5.41, 5.74) is -3.42. The Morgan fingerprint density at radius 2 is 1.39 bits per heavy atom. The summed E-state index contributed by atoms with van der Waals surface area (Å²) in [7, 11) is 0. The molecule has 8 nitrogen and oxygen atoms in total. The third kappa shape index (κ3) is 1.54. The van der Waals surface area contributed by atoms with Gasteiger partial charge in [0, 0.05) is 0 Å². The number of rotatable bonds is 0. The first kappa shape index (κ1) is 17.0. The van der Waals surface area contributed by atoms with Crippen molar-refractivity contribution in [1.82, 2.24) is 0 Å². The molecule has 3 fully saturated rings. The Balaban J connectivity index is 1.60. The number of benzene rings is 2. The predicted octanol–water partition coefficient (Wildman–Crippen LogP) is -0.573. The standard InChI is InChI=1S/C20H20O8/c21-12-7-8-13(22)19-18(12,28-19)16(24)15(23)17(25)20(19)26-10-5-1-3-9-4-2-6-11(27-20)14(9)10/h1-6,12-13,15-17,21-25H,7-8H2/t12-,13+,15-,16-,17+,18-,19-/m0/s1. The van der Waals surface area contributed by atoms with E-state index in [9.17, 15) is 25.5 Å². The summed E-state index contributed by atoms with van der Waals surface area (Å²) in [6, 6.07) is 10.7. The van der Waals surface area contributed by atoms with Gasteiger partial charge in [0.25, 0.3) is 0 Å². The van der Waals surface area contributed by atoms with Gasteiger partial charge in [-0.15, -0.1) is 0 Å². The maximum Gasteiger partial charge on any atom is 0.315 e. The molecule has 1 spiro atoms. The topological polar surface area (TPSA) is 132 Å². The van der Waals surface area contributed by atoms with Crippen LogP contribution in [0.25, 0.3) is 10.8 Å². The molecule has 2 heterocycles. The summed E-state index contributed by atoms with van der Waals surface area (Å²) in [5.74, 6) is -1.24. The zero-order valence-electron chi connectivity index (χ0n) is 14.7. The molecule has 0 amide bonds. The van der Waals surface area contributed by atoms with E-state index in [1.54, 1.807) is 24.3 Å². The number of ether oxygens (including phenoxy) is 3. The average molecular weight is 388 g/mol. The van der Waals surface area contributed by atoms with Crippen LogP contribution in [-0.4, -0.2) is 73.0 Å². The monoisotopic (exact) mass is 388 g/mol. The van der Waals surface area contributed by atoms with Gasteiger partial charge in [0.15, 0.2) is 11.7 Å². The van der Waals surface area contributed by atoms with E-state index in [0.29, 0.717) is 16.9 Å². The van der Waals surface area contributed by atoms with Gasteiger partial charge in [0.2, 0.25) is 5.60 Å². The molecule has 148 valence electrons. The Labute approximate surface area is 159 Å². The normalized spacial score (nSPS) is 45.0. The van der Waals surface area contributed by atoms with Crippen molar-refractivity contribution in [2.24, 2.45) is 0 Å². The number of epoxide rings is 1. The summed E-state index contributed by atoms with van der Waals surface area (Å²) in [6.45, 7) is 0. The summed E-state index contributed by atoms with van der Waals surface area (Å²) >= 11 is 0. The predicted molar refractivity (Wildman–Crippen MR) is 93.8 cm³/mol. The van der Waals surface area contributed by atoms with Gasteiger partial charge in [-0.2, -0.15) is 0 Å². The minimum absolute atomic E-state index is 0.165. The molecular formula is C20H20O8. The van der Waals surface area contributed by atoms with E-state index in [4.69, 9.17) is 14.2 Å². The molecule has 0 unspecified atom stereocenters. The lowest BCUT2D eigenvalue weighted by Crippen LogP contribution is -2.80. The van der Waals surface area contributed by atoms with Crippen molar-refractivity contribution in [1.29, 1.82) is 0 Å². The van der Waals surface area contributed by atoms with Crippen LogP contribution in [0.15, 0.2) is 36.4 Å². The van der Waals surface area contributed by atoms with Gasteiger partial charge in [-0.05, 0) is 30.4 Å². The second-order valence-electron chi connectivity index (χ2n) is 8.10. The molecule has 1 saturated heterocycles. The molecule has 2 aliphatic carbocycles. The van der Waals surface area contributed by atoms with Crippen molar-refractivity contribution in [2.75, 3.05) is 0 Å². The van der Waals surface area contributed by atoms with Crippen LogP contribution in [0.1, 0.15) is 12.8 Å². The molecule has 2 aromatic carbocycles. The summed E-state index contributed by atoms with van der Waals surface area (Å²) in [5, 5.41) is 55.4. The van der Waals surface area contributed by atoms with Crippen molar-refractivity contribution in [2.45, 2.75) is 60.4 Å². The smallest absolute Gasteiger partial charge is 0.315 e. The molecule has 4 aliphatic rings. The first-order valence-corrected chi connectivity index (χ1v) is 9.39. The SMILES string of the molecule is O[C@@H]1[C@@H](O)C2(Oc3cccc4cccc(c34)O2)[C@@]23O[C@@]2([C@@H](O)CC[C@H]3O)[C@H]1O. The highest BCUT2D eigenvalue weighted by molar-refractivity contribution is 5.94. The van der Waals surface area contributed by atoms with Gasteiger partial charge in [-0.3, -0.25) is 0 Å². The van der Waals surface area contributed by atoms with E-state index in [-0.39, 0.29) is 12.8 Å². The average Bonchev–Trinajstić information content (AvgIpc) is 3.44. The first-order chi connectivity index (χ1) is 13.4.